The number of aromatic carboxylic acids is 1. The van der Waals surface area contributed by atoms with Crippen LogP contribution in [0.1, 0.15) is 42.6 Å². The normalized spacial score (nSPS) is 18.3. The van der Waals surface area contributed by atoms with E-state index in [0.717, 1.165) is 25.2 Å². The second kappa shape index (κ2) is 6.37. The first-order valence-corrected chi connectivity index (χ1v) is 7.27. The Morgan fingerprint density at radius 1 is 1.45 bits per heavy atom. The van der Waals surface area contributed by atoms with Crippen LogP contribution >= 0.6 is 0 Å². The molecule has 110 valence electrons. The highest BCUT2D eigenvalue weighted by Gasteiger charge is 2.30. The molecule has 4 heteroatoms. The second-order valence-electron chi connectivity index (χ2n) is 6.09. The van der Waals surface area contributed by atoms with Crippen molar-refractivity contribution in [1.29, 1.82) is 0 Å². The van der Waals surface area contributed by atoms with Crippen LogP contribution in [0.15, 0.2) is 24.3 Å². The van der Waals surface area contributed by atoms with Gasteiger partial charge in [0.1, 0.15) is 0 Å². The van der Waals surface area contributed by atoms with E-state index < -0.39 is 5.97 Å². The van der Waals surface area contributed by atoms with Gasteiger partial charge in [-0.1, -0.05) is 12.1 Å². The summed E-state index contributed by atoms with van der Waals surface area (Å²) in [6.07, 6.45) is 2.56. The summed E-state index contributed by atoms with van der Waals surface area (Å²) in [6, 6.07) is 7.11. The van der Waals surface area contributed by atoms with Gasteiger partial charge >= 0.3 is 5.97 Å². The molecular formula is C16H24N2O2. The van der Waals surface area contributed by atoms with Crippen LogP contribution in [0.3, 0.4) is 0 Å². The van der Waals surface area contributed by atoms with Crippen molar-refractivity contribution in [3.63, 3.8) is 0 Å². The van der Waals surface area contributed by atoms with Crippen LogP contribution in [0.25, 0.3) is 0 Å². The molecule has 1 saturated heterocycles. The zero-order valence-corrected chi connectivity index (χ0v) is 12.4. The quantitative estimate of drug-likeness (QED) is 0.783. The average Bonchev–Trinajstić information content (AvgIpc) is 2.74. The summed E-state index contributed by atoms with van der Waals surface area (Å²) in [5.74, 6) is -0.870. The molecule has 0 saturated carbocycles. The molecule has 1 aromatic carbocycles. The number of carbonyl (C=O) groups is 1. The van der Waals surface area contributed by atoms with Gasteiger partial charge in [-0.15, -0.1) is 0 Å². The van der Waals surface area contributed by atoms with Gasteiger partial charge < -0.3 is 10.4 Å². The fourth-order valence-electron chi connectivity index (χ4n) is 2.84. The number of hydrogen-bond acceptors (Lipinski definition) is 3. The molecule has 0 amide bonds. The van der Waals surface area contributed by atoms with Crippen molar-refractivity contribution in [2.75, 3.05) is 19.6 Å². The van der Waals surface area contributed by atoms with E-state index in [9.17, 15) is 4.79 Å². The van der Waals surface area contributed by atoms with E-state index in [1.807, 2.05) is 6.07 Å². The van der Waals surface area contributed by atoms with Crippen molar-refractivity contribution in [3.8, 4) is 0 Å². The average molecular weight is 276 g/mol. The number of nitrogens with zero attached hydrogens (tertiary/aromatic N) is 1. The molecule has 1 aromatic rings. The molecule has 0 radical (unpaired) electrons. The van der Waals surface area contributed by atoms with Gasteiger partial charge in [-0.3, -0.25) is 4.90 Å². The number of carboxylic acids is 1. The van der Waals surface area contributed by atoms with Gasteiger partial charge in [-0.25, -0.2) is 4.79 Å². The van der Waals surface area contributed by atoms with Crippen molar-refractivity contribution in [2.45, 2.75) is 38.8 Å². The maximum Gasteiger partial charge on any atom is 0.335 e. The fraction of sp³-hybridized carbons (Fsp3) is 0.562. The van der Waals surface area contributed by atoms with Crippen LogP contribution in [0, 0.1) is 0 Å². The van der Waals surface area contributed by atoms with Crippen LogP contribution in [-0.4, -0.2) is 41.1 Å². The summed E-state index contributed by atoms with van der Waals surface area (Å²) >= 11 is 0. The molecule has 1 heterocycles. The minimum absolute atomic E-state index is 0.324. The van der Waals surface area contributed by atoms with Crippen LogP contribution in [0.5, 0.6) is 0 Å². The van der Waals surface area contributed by atoms with Crippen LogP contribution in [-0.2, 0) is 6.54 Å². The van der Waals surface area contributed by atoms with Gasteiger partial charge in [0.2, 0.25) is 0 Å². The van der Waals surface area contributed by atoms with Gasteiger partial charge in [-0.2, -0.15) is 0 Å². The SMILES string of the molecule is CC1(C)CCCN1CCNCc1cccc(C(=O)O)c1. The van der Waals surface area contributed by atoms with Crippen molar-refractivity contribution in [2.24, 2.45) is 0 Å². The molecule has 1 aliphatic rings. The Bertz CT molecular complexity index is 471. The first-order chi connectivity index (χ1) is 9.49. The summed E-state index contributed by atoms with van der Waals surface area (Å²) in [5.41, 5.74) is 1.70. The number of rotatable bonds is 6. The third-order valence-electron chi connectivity index (χ3n) is 4.13. The molecule has 0 bridgehead atoms. The first kappa shape index (κ1) is 15.0. The summed E-state index contributed by atoms with van der Waals surface area (Å²) in [6.45, 7) is 8.48. The Balaban J connectivity index is 1.76. The highest BCUT2D eigenvalue weighted by molar-refractivity contribution is 5.87. The molecule has 0 spiro atoms. The van der Waals surface area contributed by atoms with E-state index in [1.54, 1.807) is 18.2 Å². The van der Waals surface area contributed by atoms with Gasteiger partial charge in [0, 0.05) is 25.2 Å². The molecule has 0 aliphatic carbocycles. The van der Waals surface area contributed by atoms with E-state index >= 15 is 0 Å². The molecule has 0 atom stereocenters. The van der Waals surface area contributed by atoms with Crippen molar-refractivity contribution < 1.29 is 9.90 Å². The Morgan fingerprint density at radius 3 is 2.90 bits per heavy atom. The molecule has 1 aliphatic heterocycles. The maximum absolute atomic E-state index is 10.9. The third kappa shape index (κ3) is 3.81. The highest BCUT2D eigenvalue weighted by Crippen LogP contribution is 2.27. The Labute approximate surface area is 120 Å². The van der Waals surface area contributed by atoms with Crippen LogP contribution < -0.4 is 5.32 Å². The molecule has 2 rings (SSSR count). The predicted molar refractivity (Wildman–Crippen MR) is 80.0 cm³/mol. The highest BCUT2D eigenvalue weighted by atomic mass is 16.4. The zero-order valence-electron chi connectivity index (χ0n) is 12.4. The zero-order chi connectivity index (χ0) is 14.6. The minimum atomic E-state index is -0.870. The summed E-state index contributed by atoms with van der Waals surface area (Å²) < 4.78 is 0. The molecular weight excluding hydrogens is 252 g/mol. The lowest BCUT2D eigenvalue weighted by molar-refractivity contribution is 0.0696. The molecule has 0 aromatic heterocycles. The van der Waals surface area contributed by atoms with E-state index in [-0.39, 0.29) is 0 Å². The van der Waals surface area contributed by atoms with E-state index in [0.29, 0.717) is 11.1 Å². The fourth-order valence-corrected chi connectivity index (χ4v) is 2.84. The van der Waals surface area contributed by atoms with Crippen molar-refractivity contribution >= 4 is 5.97 Å². The molecule has 2 N–H and O–H groups in total. The standard InChI is InChI=1S/C16H24N2O2/c1-16(2)7-4-9-18(16)10-8-17-12-13-5-3-6-14(11-13)15(19)20/h3,5-6,11,17H,4,7-10,12H2,1-2H3,(H,19,20). The molecule has 20 heavy (non-hydrogen) atoms. The van der Waals surface area contributed by atoms with Gasteiger partial charge in [0.25, 0.3) is 0 Å². The van der Waals surface area contributed by atoms with Crippen molar-refractivity contribution in [3.05, 3.63) is 35.4 Å². The number of benzene rings is 1. The smallest absolute Gasteiger partial charge is 0.335 e. The van der Waals surface area contributed by atoms with E-state index in [2.05, 4.69) is 24.1 Å². The van der Waals surface area contributed by atoms with Crippen LogP contribution in [0.2, 0.25) is 0 Å². The van der Waals surface area contributed by atoms with E-state index in [4.69, 9.17) is 5.11 Å². The number of hydrogen-bond donors (Lipinski definition) is 2. The second-order valence-corrected chi connectivity index (χ2v) is 6.09. The summed E-state index contributed by atoms with van der Waals surface area (Å²) in [5, 5.41) is 12.4. The van der Waals surface area contributed by atoms with Crippen molar-refractivity contribution in [1.82, 2.24) is 10.2 Å². The molecule has 1 fully saturated rings. The van der Waals surface area contributed by atoms with Gasteiger partial charge in [-0.05, 0) is 50.9 Å². The lowest BCUT2D eigenvalue weighted by Gasteiger charge is -2.31. The summed E-state index contributed by atoms with van der Waals surface area (Å²) in [4.78, 5) is 13.4. The number of carboxylic acid groups (broad SMARTS) is 1. The maximum atomic E-state index is 10.9. The summed E-state index contributed by atoms with van der Waals surface area (Å²) in [7, 11) is 0. The lowest BCUT2D eigenvalue weighted by atomic mass is 10.0. The number of likely N-dealkylation sites (tertiary alicyclic amines) is 1. The lowest BCUT2D eigenvalue weighted by Crippen LogP contribution is -2.41. The Hall–Kier alpha value is -1.39. The van der Waals surface area contributed by atoms with Gasteiger partial charge in [0.05, 0.1) is 5.56 Å². The van der Waals surface area contributed by atoms with Gasteiger partial charge in [0.15, 0.2) is 0 Å². The Morgan fingerprint density at radius 2 is 2.25 bits per heavy atom. The van der Waals surface area contributed by atoms with Crippen LogP contribution in [0.4, 0.5) is 0 Å². The predicted octanol–water partition coefficient (Wildman–Crippen LogP) is 2.35. The largest absolute Gasteiger partial charge is 0.478 e. The Kier molecular flexibility index (Phi) is 4.78. The topological polar surface area (TPSA) is 52.6 Å². The molecule has 0 unspecified atom stereocenters. The first-order valence-electron chi connectivity index (χ1n) is 7.27. The number of nitrogens with one attached hydrogen (secondary N) is 1. The monoisotopic (exact) mass is 276 g/mol. The third-order valence-corrected chi connectivity index (χ3v) is 4.13. The molecule has 4 nitrogen and oxygen atoms in total. The van der Waals surface area contributed by atoms with E-state index in [1.165, 1.54) is 19.4 Å². The minimum Gasteiger partial charge on any atom is -0.478 e.